The number of amidine groups is 1. The molecule has 0 aliphatic rings. The van der Waals surface area contributed by atoms with E-state index < -0.39 is 0 Å². The molecule has 0 unspecified atom stereocenters. The van der Waals surface area contributed by atoms with Gasteiger partial charge < -0.3 is 10.5 Å². The highest BCUT2D eigenvalue weighted by Crippen LogP contribution is 2.19. The predicted molar refractivity (Wildman–Crippen MR) is 61.7 cm³/mol. The van der Waals surface area contributed by atoms with Crippen LogP contribution in [-0.2, 0) is 0 Å². The minimum Gasteiger partial charge on any atom is -0.439 e. The number of nitrogens with two attached hydrogens (primary N) is 1. The zero-order valence-electron chi connectivity index (χ0n) is 8.85. The van der Waals surface area contributed by atoms with Gasteiger partial charge in [-0.15, -0.1) is 0 Å². The fourth-order valence-electron chi connectivity index (χ4n) is 1.26. The topological polar surface area (TPSA) is 72.0 Å². The summed E-state index contributed by atoms with van der Waals surface area (Å²) in [6.45, 7) is 0. The molecule has 0 aliphatic heterocycles. The molecule has 0 spiro atoms. The lowest BCUT2D eigenvalue weighted by molar-refractivity contribution is 0.461. The van der Waals surface area contributed by atoms with Gasteiger partial charge in [-0.05, 0) is 30.3 Å². The maximum atomic E-state index is 12.7. The maximum absolute atomic E-state index is 12.7. The predicted octanol–water partition coefficient (Wildman–Crippen LogP) is 2.30. The standard InChI is InChI=1S/C12H10FN3O/c13-9-1-3-10(4-2-9)17-11-7-8(12(14)15)5-6-16-11/h1-7H,(H3,14,15). The zero-order valence-corrected chi connectivity index (χ0v) is 8.85. The third kappa shape index (κ3) is 2.78. The number of halogens is 1. The van der Waals surface area contributed by atoms with Crippen molar-refractivity contribution in [1.82, 2.24) is 4.98 Å². The molecule has 3 N–H and O–H groups in total. The van der Waals surface area contributed by atoms with E-state index in [4.69, 9.17) is 15.9 Å². The summed E-state index contributed by atoms with van der Waals surface area (Å²) in [5.74, 6) is 0.392. The summed E-state index contributed by atoms with van der Waals surface area (Å²) < 4.78 is 18.1. The van der Waals surface area contributed by atoms with Crippen LogP contribution >= 0.6 is 0 Å². The minimum atomic E-state index is -0.331. The van der Waals surface area contributed by atoms with Crippen molar-refractivity contribution in [3.05, 3.63) is 54.0 Å². The molecule has 86 valence electrons. The van der Waals surface area contributed by atoms with Crippen molar-refractivity contribution in [3.63, 3.8) is 0 Å². The van der Waals surface area contributed by atoms with Crippen molar-refractivity contribution in [3.8, 4) is 11.6 Å². The van der Waals surface area contributed by atoms with Crippen molar-refractivity contribution >= 4 is 5.84 Å². The summed E-state index contributed by atoms with van der Waals surface area (Å²) in [6.07, 6.45) is 1.50. The first kappa shape index (κ1) is 11.1. The number of ether oxygens (including phenoxy) is 1. The Kier molecular flexibility index (Phi) is 3.00. The maximum Gasteiger partial charge on any atom is 0.219 e. The molecule has 0 saturated carbocycles. The number of rotatable bonds is 3. The second kappa shape index (κ2) is 4.61. The van der Waals surface area contributed by atoms with Gasteiger partial charge in [0.05, 0.1) is 0 Å². The Balaban J connectivity index is 2.21. The van der Waals surface area contributed by atoms with Crippen molar-refractivity contribution in [1.29, 1.82) is 5.41 Å². The van der Waals surface area contributed by atoms with Gasteiger partial charge in [-0.1, -0.05) is 0 Å². The number of benzene rings is 1. The van der Waals surface area contributed by atoms with Crippen LogP contribution in [0.5, 0.6) is 11.6 Å². The molecule has 0 bridgehead atoms. The van der Waals surface area contributed by atoms with Gasteiger partial charge in [0.15, 0.2) is 0 Å². The largest absolute Gasteiger partial charge is 0.439 e. The van der Waals surface area contributed by atoms with Gasteiger partial charge in [0.2, 0.25) is 5.88 Å². The van der Waals surface area contributed by atoms with Crippen LogP contribution < -0.4 is 10.5 Å². The van der Waals surface area contributed by atoms with E-state index in [0.29, 0.717) is 17.2 Å². The Labute approximate surface area is 97.4 Å². The van der Waals surface area contributed by atoms with Crippen LogP contribution in [0.4, 0.5) is 4.39 Å². The first-order chi connectivity index (χ1) is 8.15. The molecule has 0 radical (unpaired) electrons. The molecule has 4 nitrogen and oxygen atoms in total. The number of nitrogen functional groups attached to an aromatic ring is 1. The molecule has 1 aromatic carbocycles. The van der Waals surface area contributed by atoms with Gasteiger partial charge in [-0.3, -0.25) is 5.41 Å². The fraction of sp³-hybridized carbons (Fsp3) is 0. The second-order valence-corrected chi connectivity index (χ2v) is 3.35. The molecule has 17 heavy (non-hydrogen) atoms. The summed E-state index contributed by atoms with van der Waals surface area (Å²) in [4.78, 5) is 3.97. The number of aromatic nitrogens is 1. The fourth-order valence-corrected chi connectivity index (χ4v) is 1.26. The van der Waals surface area contributed by atoms with Gasteiger partial charge in [0.1, 0.15) is 17.4 Å². The number of hydrogen-bond donors (Lipinski definition) is 2. The number of nitrogens with zero attached hydrogens (tertiary/aromatic N) is 1. The molecular formula is C12H10FN3O. The van der Waals surface area contributed by atoms with Crippen molar-refractivity contribution in [2.24, 2.45) is 5.73 Å². The van der Waals surface area contributed by atoms with Crippen LogP contribution in [0.15, 0.2) is 42.6 Å². The second-order valence-electron chi connectivity index (χ2n) is 3.35. The molecule has 1 aromatic heterocycles. The summed E-state index contributed by atoms with van der Waals surface area (Å²) in [6, 6.07) is 8.74. The lowest BCUT2D eigenvalue weighted by Gasteiger charge is -2.05. The summed E-state index contributed by atoms with van der Waals surface area (Å²) >= 11 is 0. The zero-order chi connectivity index (χ0) is 12.3. The number of pyridine rings is 1. The van der Waals surface area contributed by atoms with E-state index in [1.54, 1.807) is 12.1 Å². The quantitative estimate of drug-likeness (QED) is 0.628. The lowest BCUT2D eigenvalue weighted by atomic mass is 10.2. The molecule has 1 heterocycles. The Morgan fingerprint density at radius 1 is 1.24 bits per heavy atom. The van der Waals surface area contributed by atoms with Gasteiger partial charge in [-0.2, -0.15) is 0 Å². The smallest absolute Gasteiger partial charge is 0.219 e. The van der Waals surface area contributed by atoms with Gasteiger partial charge >= 0.3 is 0 Å². The Morgan fingerprint density at radius 3 is 2.59 bits per heavy atom. The van der Waals surface area contributed by atoms with Crippen molar-refractivity contribution < 1.29 is 9.13 Å². The Bertz CT molecular complexity index is 540. The lowest BCUT2D eigenvalue weighted by Crippen LogP contribution is -2.11. The number of nitrogens with one attached hydrogen (secondary N) is 1. The number of hydrogen-bond acceptors (Lipinski definition) is 3. The average Bonchev–Trinajstić information content (AvgIpc) is 2.32. The molecule has 0 aliphatic carbocycles. The van der Waals surface area contributed by atoms with E-state index >= 15 is 0 Å². The van der Waals surface area contributed by atoms with Gasteiger partial charge in [-0.25, -0.2) is 9.37 Å². The summed E-state index contributed by atoms with van der Waals surface area (Å²) in [7, 11) is 0. The average molecular weight is 231 g/mol. The van der Waals surface area contributed by atoms with Crippen LogP contribution in [0.1, 0.15) is 5.56 Å². The highest BCUT2D eigenvalue weighted by atomic mass is 19.1. The van der Waals surface area contributed by atoms with Crippen LogP contribution in [0.25, 0.3) is 0 Å². The molecule has 0 fully saturated rings. The monoisotopic (exact) mass is 231 g/mol. The minimum absolute atomic E-state index is 0.0589. The molecule has 2 aromatic rings. The summed E-state index contributed by atoms with van der Waals surface area (Å²) in [5, 5.41) is 7.28. The SMILES string of the molecule is N=C(N)c1ccnc(Oc2ccc(F)cc2)c1. The van der Waals surface area contributed by atoms with E-state index in [2.05, 4.69) is 4.98 Å². The third-order valence-corrected chi connectivity index (χ3v) is 2.08. The van der Waals surface area contributed by atoms with Gasteiger partial charge in [0, 0.05) is 17.8 Å². The molecule has 0 atom stereocenters. The van der Waals surface area contributed by atoms with Crippen LogP contribution in [0.2, 0.25) is 0 Å². The third-order valence-electron chi connectivity index (χ3n) is 2.08. The first-order valence-electron chi connectivity index (χ1n) is 4.89. The van der Waals surface area contributed by atoms with Crippen molar-refractivity contribution in [2.75, 3.05) is 0 Å². The van der Waals surface area contributed by atoms with Crippen molar-refractivity contribution in [2.45, 2.75) is 0 Å². The highest BCUT2D eigenvalue weighted by Gasteiger charge is 2.02. The molecular weight excluding hydrogens is 221 g/mol. The molecule has 5 heteroatoms. The van der Waals surface area contributed by atoms with E-state index in [0.717, 1.165) is 0 Å². The Morgan fingerprint density at radius 2 is 1.94 bits per heavy atom. The normalized spacial score (nSPS) is 9.94. The van der Waals surface area contributed by atoms with E-state index in [9.17, 15) is 4.39 Å². The molecule has 0 saturated heterocycles. The van der Waals surface area contributed by atoms with Crippen LogP contribution in [0.3, 0.4) is 0 Å². The van der Waals surface area contributed by atoms with Crippen LogP contribution in [-0.4, -0.2) is 10.8 Å². The van der Waals surface area contributed by atoms with E-state index in [-0.39, 0.29) is 11.7 Å². The van der Waals surface area contributed by atoms with E-state index in [1.807, 2.05) is 0 Å². The van der Waals surface area contributed by atoms with Crippen LogP contribution in [0, 0.1) is 11.2 Å². The molecule has 0 amide bonds. The summed E-state index contributed by atoms with van der Waals surface area (Å²) in [5.41, 5.74) is 5.87. The highest BCUT2D eigenvalue weighted by molar-refractivity contribution is 5.95. The molecule has 2 rings (SSSR count). The first-order valence-corrected chi connectivity index (χ1v) is 4.89. The van der Waals surface area contributed by atoms with Gasteiger partial charge in [0.25, 0.3) is 0 Å². The van der Waals surface area contributed by atoms with E-state index in [1.165, 1.54) is 30.5 Å². The Hall–Kier alpha value is -2.43.